The molecule has 2 aromatic carbocycles. The first-order valence-corrected chi connectivity index (χ1v) is 12.5. The van der Waals surface area contributed by atoms with Gasteiger partial charge in [-0.3, -0.25) is 4.79 Å². The molecule has 13 heteroatoms. The van der Waals surface area contributed by atoms with Gasteiger partial charge in [0.25, 0.3) is 5.91 Å². The van der Waals surface area contributed by atoms with E-state index in [1.807, 2.05) is 16.7 Å². The molecule has 10 nitrogen and oxygen atoms in total. The van der Waals surface area contributed by atoms with Gasteiger partial charge in [-0.15, -0.1) is 0 Å². The predicted octanol–water partition coefficient (Wildman–Crippen LogP) is 3.87. The zero-order valence-electron chi connectivity index (χ0n) is 21.3. The molecular formula is C26H28F3N7O3. The van der Waals surface area contributed by atoms with Gasteiger partial charge in [-0.1, -0.05) is 12.1 Å². The number of amides is 1. The van der Waals surface area contributed by atoms with E-state index in [2.05, 4.69) is 20.6 Å². The van der Waals surface area contributed by atoms with Crippen LogP contribution in [0.15, 0.2) is 42.5 Å². The Morgan fingerprint density at radius 1 is 0.872 bits per heavy atom. The van der Waals surface area contributed by atoms with Crippen LogP contribution in [0.2, 0.25) is 0 Å². The van der Waals surface area contributed by atoms with E-state index in [1.165, 1.54) is 12.1 Å². The minimum Gasteiger partial charge on any atom is -0.378 e. The number of hydrogen-bond donors (Lipinski definition) is 2. The number of benzene rings is 2. The lowest BCUT2D eigenvalue weighted by Gasteiger charge is -2.30. The second kappa shape index (κ2) is 11.4. The normalized spacial score (nSPS) is 16.2. The van der Waals surface area contributed by atoms with E-state index in [-0.39, 0.29) is 11.3 Å². The van der Waals surface area contributed by atoms with Gasteiger partial charge in [0.1, 0.15) is 0 Å². The zero-order valence-corrected chi connectivity index (χ0v) is 21.3. The molecule has 2 aliphatic rings. The molecule has 0 radical (unpaired) electrons. The van der Waals surface area contributed by atoms with Crippen LogP contribution in [0.5, 0.6) is 0 Å². The lowest BCUT2D eigenvalue weighted by molar-refractivity contribution is -0.137. The van der Waals surface area contributed by atoms with Gasteiger partial charge in [0, 0.05) is 43.1 Å². The minimum atomic E-state index is -4.51. The van der Waals surface area contributed by atoms with Gasteiger partial charge in [0.2, 0.25) is 17.8 Å². The van der Waals surface area contributed by atoms with E-state index in [0.29, 0.717) is 76.1 Å². The number of alkyl halides is 3. The molecule has 39 heavy (non-hydrogen) atoms. The highest BCUT2D eigenvalue weighted by molar-refractivity contribution is 6.05. The van der Waals surface area contributed by atoms with Crippen molar-refractivity contribution in [3.63, 3.8) is 0 Å². The lowest BCUT2D eigenvalue weighted by atomic mass is 10.1. The number of halogens is 3. The number of anilines is 5. The summed E-state index contributed by atoms with van der Waals surface area (Å²) in [5.41, 5.74) is 0.878. The van der Waals surface area contributed by atoms with Crippen molar-refractivity contribution in [1.29, 1.82) is 0 Å². The summed E-state index contributed by atoms with van der Waals surface area (Å²) in [5.74, 6) is 0.810. The van der Waals surface area contributed by atoms with Crippen LogP contribution in [0.25, 0.3) is 0 Å². The molecule has 2 fully saturated rings. The fourth-order valence-corrected chi connectivity index (χ4v) is 4.21. The summed E-state index contributed by atoms with van der Waals surface area (Å²) in [7, 11) is 0. The van der Waals surface area contributed by atoms with Crippen LogP contribution < -0.4 is 20.4 Å². The maximum atomic E-state index is 13.1. The molecule has 3 heterocycles. The van der Waals surface area contributed by atoms with Crippen molar-refractivity contribution in [2.45, 2.75) is 13.1 Å². The lowest BCUT2D eigenvalue weighted by Crippen LogP contribution is -2.40. The molecule has 2 N–H and O–H groups in total. The van der Waals surface area contributed by atoms with Gasteiger partial charge in [0.15, 0.2) is 0 Å². The van der Waals surface area contributed by atoms with Crippen LogP contribution in [0.4, 0.5) is 42.4 Å². The van der Waals surface area contributed by atoms with Gasteiger partial charge in [-0.2, -0.15) is 28.1 Å². The molecule has 0 unspecified atom stereocenters. The number of hydrogen-bond acceptors (Lipinski definition) is 9. The highest BCUT2D eigenvalue weighted by Gasteiger charge is 2.30. The number of nitrogens with zero attached hydrogens (tertiary/aromatic N) is 5. The summed E-state index contributed by atoms with van der Waals surface area (Å²) in [6, 6.07) is 9.48. The number of ether oxygens (including phenoxy) is 2. The van der Waals surface area contributed by atoms with E-state index in [0.717, 1.165) is 17.7 Å². The third-order valence-corrected chi connectivity index (χ3v) is 6.39. The molecule has 1 aromatic heterocycles. The average Bonchev–Trinajstić information content (AvgIpc) is 2.94. The van der Waals surface area contributed by atoms with Gasteiger partial charge in [-0.25, -0.2) is 0 Å². The largest absolute Gasteiger partial charge is 0.416 e. The monoisotopic (exact) mass is 543 g/mol. The quantitative estimate of drug-likeness (QED) is 0.480. The number of carbonyl (C=O) groups is 1. The van der Waals surface area contributed by atoms with Crippen LogP contribution in [0.3, 0.4) is 0 Å². The SMILES string of the molecule is Cc1ccc(C(=O)Nc2cccc(C(F)(F)F)c2)cc1Nc1nc(N2CCOCC2)nc(N2CCOCC2)n1. The Kier molecular flexibility index (Phi) is 7.79. The Hall–Kier alpha value is -3.97. The second-order valence-corrected chi connectivity index (χ2v) is 9.15. The number of carbonyl (C=O) groups excluding carboxylic acids is 1. The van der Waals surface area contributed by atoms with Crippen LogP contribution in [0.1, 0.15) is 21.5 Å². The van der Waals surface area contributed by atoms with Crippen LogP contribution in [0, 0.1) is 6.92 Å². The second-order valence-electron chi connectivity index (χ2n) is 9.15. The van der Waals surface area contributed by atoms with Crippen LogP contribution in [-0.4, -0.2) is 73.5 Å². The minimum absolute atomic E-state index is 0.0488. The van der Waals surface area contributed by atoms with Crippen molar-refractivity contribution in [3.8, 4) is 0 Å². The molecule has 3 aromatic rings. The molecule has 0 saturated carbocycles. The molecule has 0 atom stereocenters. The number of aromatic nitrogens is 3. The van der Waals surface area contributed by atoms with E-state index in [4.69, 9.17) is 14.5 Å². The predicted molar refractivity (Wildman–Crippen MR) is 140 cm³/mol. The van der Waals surface area contributed by atoms with E-state index >= 15 is 0 Å². The molecule has 1 amide bonds. The molecule has 2 saturated heterocycles. The summed E-state index contributed by atoms with van der Waals surface area (Å²) in [6.45, 7) is 6.75. The van der Waals surface area contributed by atoms with Crippen LogP contribution in [-0.2, 0) is 15.7 Å². The summed E-state index contributed by atoms with van der Waals surface area (Å²) < 4.78 is 50.1. The van der Waals surface area contributed by atoms with Gasteiger partial charge < -0.3 is 29.9 Å². The first kappa shape index (κ1) is 26.6. The fraction of sp³-hybridized carbons (Fsp3) is 0.385. The summed E-state index contributed by atoms with van der Waals surface area (Å²) >= 11 is 0. The van der Waals surface area contributed by atoms with Crippen LogP contribution >= 0.6 is 0 Å². The molecule has 0 aliphatic carbocycles. The Labute approximate surface area is 223 Å². The Morgan fingerprint density at radius 2 is 1.49 bits per heavy atom. The van der Waals surface area contributed by atoms with Crippen molar-refractivity contribution in [2.75, 3.05) is 73.0 Å². The molecule has 2 aliphatic heterocycles. The van der Waals surface area contributed by atoms with E-state index in [1.54, 1.807) is 18.2 Å². The van der Waals surface area contributed by atoms with Gasteiger partial charge in [0.05, 0.1) is 32.0 Å². The third kappa shape index (κ3) is 6.55. The number of rotatable bonds is 6. The first-order chi connectivity index (χ1) is 18.8. The number of nitrogens with one attached hydrogen (secondary N) is 2. The van der Waals surface area contributed by atoms with Gasteiger partial charge >= 0.3 is 6.18 Å². The number of aryl methyl sites for hydroxylation is 1. The highest BCUT2D eigenvalue weighted by atomic mass is 19.4. The standard InChI is InChI=1S/C26H28F3N7O3/c1-17-5-6-18(22(37)30-20-4-2-3-19(16-20)26(27,28)29)15-21(17)31-23-32-24(35-7-11-38-12-8-35)34-25(33-23)36-9-13-39-14-10-36/h2-6,15-16H,7-14H2,1H3,(H,30,37)(H,31,32,33,34). The third-order valence-electron chi connectivity index (χ3n) is 6.39. The highest BCUT2D eigenvalue weighted by Crippen LogP contribution is 2.31. The molecular weight excluding hydrogens is 515 g/mol. The van der Waals surface area contributed by atoms with E-state index < -0.39 is 17.6 Å². The van der Waals surface area contributed by atoms with Crippen molar-refractivity contribution < 1.29 is 27.4 Å². The van der Waals surface area contributed by atoms with Gasteiger partial charge in [-0.05, 0) is 42.8 Å². The van der Waals surface area contributed by atoms with E-state index in [9.17, 15) is 18.0 Å². The fourth-order valence-electron chi connectivity index (χ4n) is 4.21. The van der Waals surface area contributed by atoms with Crippen molar-refractivity contribution in [2.24, 2.45) is 0 Å². The van der Waals surface area contributed by atoms with Crippen molar-refractivity contribution >= 4 is 35.1 Å². The first-order valence-electron chi connectivity index (χ1n) is 12.5. The Bertz CT molecular complexity index is 1290. The van der Waals surface area contributed by atoms with Crippen molar-refractivity contribution in [3.05, 3.63) is 59.2 Å². The Morgan fingerprint density at radius 3 is 2.08 bits per heavy atom. The summed E-state index contributed by atoms with van der Waals surface area (Å²) in [5, 5.41) is 5.75. The molecule has 0 spiro atoms. The maximum Gasteiger partial charge on any atom is 0.416 e. The Balaban J connectivity index is 1.39. The van der Waals surface area contributed by atoms with Crippen molar-refractivity contribution in [1.82, 2.24) is 15.0 Å². The molecule has 206 valence electrons. The average molecular weight is 544 g/mol. The molecule has 0 bridgehead atoms. The smallest absolute Gasteiger partial charge is 0.378 e. The topological polar surface area (TPSA) is 105 Å². The maximum absolute atomic E-state index is 13.1. The zero-order chi connectivity index (χ0) is 27.4. The summed E-state index contributed by atoms with van der Waals surface area (Å²) in [6.07, 6.45) is -4.51. The number of morpholine rings is 2. The summed E-state index contributed by atoms with van der Waals surface area (Å²) in [4.78, 5) is 30.9. The molecule has 5 rings (SSSR count).